The number of rotatable bonds is 3. The number of nitrogens with one attached hydrogen (secondary N) is 1. The lowest BCUT2D eigenvalue weighted by Crippen LogP contribution is -2.37. The maximum Gasteiger partial charge on any atom is 0.257 e. The molecule has 3 N–H and O–H groups in total. The standard InChI is InChI=1S/C19H20Cl3N3O/c1-11-4-2-3-7-25(11)18-10-17(15(22)9-16(18)23)24-19(26)13-6-5-12(20)8-14(13)21/h5-6,8-11H,2-4,7,23H2,1H3,(H,24,26). The number of carbonyl (C=O) groups excluding carboxylic acids is 1. The van der Waals surface area contributed by atoms with Crippen molar-refractivity contribution in [3.63, 3.8) is 0 Å². The second-order valence-electron chi connectivity index (χ2n) is 6.51. The van der Waals surface area contributed by atoms with Gasteiger partial charge in [-0.05, 0) is 56.5 Å². The third-order valence-electron chi connectivity index (χ3n) is 4.65. The van der Waals surface area contributed by atoms with Gasteiger partial charge in [0.25, 0.3) is 5.91 Å². The van der Waals surface area contributed by atoms with Gasteiger partial charge in [0.15, 0.2) is 0 Å². The van der Waals surface area contributed by atoms with Crippen molar-refractivity contribution in [2.45, 2.75) is 32.2 Å². The Morgan fingerprint density at radius 3 is 2.62 bits per heavy atom. The lowest BCUT2D eigenvalue weighted by molar-refractivity contribution is 0.102. The maximum absolute atomic E-state index is 12.6. The molecule has 3 rings (SSSR count). The molecule has 0 bridgehead atoms. The Bertz CT molecular complexity index is 841. The number of carbonyl (C=O) groups is 1. The van der Waals surface area contributed by atoms with Crippen LogP contribution in [0.4, 0.5) is 17.1 Å². The molecule has 138 valence electrons. The van der Waals surface area contributed by atoms with Crippen molar-refractivity contribution >= 4 is 57.8 Å². The minimum absolute atomic E-state index is 0.284. The first-order chi connectivity index (χ1) is 12.4. The summed E-state index contributed by atoms with van der Waals surface area (Å²) in [6, 6.07) is 8.63. The number of nitrogen functional groups attached to an aromatic ring is 1. The van der Waals surface area contributed by atoms with Gasteiger partial charge < -0.3 is 16.0 Å². The highest BCUT2D eigenvalue weighted by Crippen LogP contribution is 2.36. The van der Waals surface area contributed by atoms with Crippen molar-refractivity contribution in [1.82, 2.24) is 0 Å². The molecule has 1 amide bonds. The van der Waals surface area contributed by atoms with Crippen molar-refractivity contribution in [1.29, 1.82) is 0 Å². The molecule has 1 saturated heterocycles. The number of nitrogens with zero attached hydrogens (tertiary/aromatic N) is 1. The fraction of sp³-hybridized carbons (Fsp3) is 0.316. The highest BCUT2D eigenvalue weighted by Gasteiger charge is 2.22. The lowest BCUT2D eigenvalue weighted by Gasteiger charge is -2.36. The van der Waals surface area contributed by atoms with Crippen LogP contribution in [0.1, 0.15) is 36.5 Å². The topological polar surface area (TPSA) is 58.4 Å². The van der Waals surface area contributed by atoms with Crippen LogP contribution in [-0.4, -0.2) is 18.5 Å². The molecule has 1 unspecified atom stereocenters. The molecule has 1 aliphatic rings. The van der Waals surface area contributed by atoms with E-state index in [0.717, 1.165) is 25.1 Å². The van der Waals surface area contributed by atoms with Crippen LogP contribution in [0.3, 0.4) is 0 Å². The summed E-state index contributed by atoms with van der Waals surface area (Å²) in [5, 5.41) is 3.97. The van der Waals surface area contributed by atoms with E-state index in [2.05, 4.69) is 17.1 Å². The highest BCUT2D eigenvalue weighted by atomic mass is 35.5. The SMILES string of the molecule is CC1CCCCN1c1cc(NC(=O)c2ccc(Cl)cc2Cl)c(Cl)cc1N. The Balaban J connectivity index is 1.90. The zero-order valence-electron chi connectivity index (χ0n) is 14.4. The monoisotopic (exact) mass is 411 g/mol. The summed E-state index contributed by atoms with van der Waals surface area (Å²) in [7, 11) is 0. The molecule has 1 heterocycles. The average Bonchev–Trinajstić information content (AvgIpc) is 2.58. The van der Waals surface area contributed by atoms with Crippen LogP contribution in [0, 0.1) is 0 Å². The molecule has 0 spiro atoms. The molecule has 26 heavy (non-hydrogen) atoms. The minimum atomic E-state index is -0.351. The fourth-order valence-corrected chi connectivity index (χ4v) is 3.95. The molecule has 4 nitrogen and oxygen atoms in total. The predicted octanol–water partition coefficient (Wildman–Crippen LogP) is 5.86. The number of hydrogen-bond donors (Lipinski definition) is 2. The van der Waals surface area contributed by atoms with Crippen molar-refractivity contribution in [2.75, 3.05) is 22.5 Å². The van der Waals surface area contributed by atoms with Gasteiger partial charge in [-0.1, -0.05) is 34.8 Å². The van der Waals surface area contributed by atoms with Gasteiger partial charge in [-0.25, -0.2) is 0 Å². The number of amides is 1. The summed E-state index contributed by atoms with van der Waals surface area (Å²) in [6.07, 6.45) is 3.45. The summed E-state index contributed by atoms with van der Waals surface area (Å²) in [5.74, 6) is -0.351. The Kier molecular flexibility index (Phi) is 5.86. The number of halogens is 3. The van der Waals surface area contributed by atoms with Crippen LogP contribution >= 0.6 is 34.8 Å². The van der Waals surface area contributed by atoms with E-state index >= 15 is 0 Å². The third-order valence-corrected chi connectivity index (χ3v) is 5.51. The molecular formula is C19H20Cl3N3O. The second kappa shape index (κ2) is 7.95. The van der Waals surface area contributed by atoms with E-state index in [1.54, 1.807) is 18.2 Å². The first-order valence-electron chi connectivity index (χ1n) is 8.49. The zero-order chi connectivity index (χ0) is 18.8. The van der Waals surface area contributed by atoms with Gasteiger partial charge in [0.2, 0.25) is 0 Å². The molecule has 1 atom stereocenters. The Hall–Kier alpha value is -1.62. The Labute approximate surface area is 168 Å². The van der Waals surface area contributed by atoms with Gasteiger partial charge in [-0.2, -0.15) is 0 Å². The number of anilines is 3. The fourth-order valence-electron chi connectivity index (χ4n) is 3.24. The van der Waals surface area contributed by atoms with E-state index in [4.69, 9.17) is 40.5 Å². The second-order valence-corrected chi connectivity index (χ2v) is 7.76. The number of piperidine rings is 1. The van der Waals surface area contributed by atoms with E-state index < -0.39 is 0 Å². The molecule has 1 fully saturated rings. The first-order valence-corrected chi connectivity index (χ1v) is 9.62. The molecule has 0 aliphatic carbocycles. The number of nitrogens with two attached hydrogens (primary N) is 1. The average molecular weight is 413 g/mol. The zero-order valence-corrected chi connectivity index (χ0v) is 16.6. The van der Waals surface area contributed by atoms with Crippen molar-refractivity contribution in [3.8, 4) is 0 Å². The summed E-state index contributed by atoms with van der Waals surface area (Å²) < 4.78 is 0. The summed E-state index contributed by atoms with van der Waals surface area (Å²) in [5.41, 5.74) is 8.52. The molecule has 1 aliphatic heterocycles. The van der Waals surface area contributed by atoms with Gasteiger partial charge in [-0.15, -0.1) is 0 Å². The van der Waals surface area contributed by atoms with Gasteiger partial charge in [-0.3, -0.25) is 4.79 Å². The molecule has 7 heteroatoms. The van der Waals surface area contributed by atoms with E-state index in [0.29, 0.717) is 33.0 Å². The predicted molar refractivity (Wildman–Crippen MR) is 111 cm³/mol. The maximum atomic E-state index is 12.6. The van der Waals surface area contributed by atoms with E-state index in [1.165, 1.54) is 12.5 Å². The van der Waals surface area contributed by atoms with Gasteiger partial charge in [0.1, 0.15) is 0 Å². The quantitative estimate of drug-likeness (QED) is 0.621. The lowest BCUT2D eigenvalue weighted by atomic mass is 10.0. The normalized spacial score (nSPS) is 17.2. The Morgan fingerprint density at radius 2 is 1.92 bits per heavy atom. The summed E-state index contributed by atoms with van der Waals surface area (Å²) in [6.45, 7) is 3.11. The molecule has 2 aromatic rings. The van der Waals surface area contributed by atoms with Crippen LogP contribution < -0.4 is 16.0 Å². The van der Waals surface area contributed by atoms with E-state index in [1.807, 2.05) is 6.07 Å². The van der Waals surface area contributed by atoms with Crippen LogP contribution in [0.5, 0.6) is 0 Å². The van der Waals surface area contributed by atoms with Gasteiger partial charge in [0, 0.05) is 17.6 Å². The third kappa shape index (κ3) is 4.03. The minimum Gasteiger partial charge on any atom is -0.397 e. The molecule has 0 saturated carbocycles. The van der Waals surface area contributed by atoms with Crippen molar-refractivity contribution < 1.29 is 4.79 Å². The van der Waals surface area contributed by atoms with Crippen LogP contribution in [-0.2, 0) is 0 Å². The van der Waals surface area contributed by atoms with Gasteiger partial charge >= 0.3 is 0 Å². The molecule has 0 aromatic heterocycles. The van der Waals surface area contributed by atoms with Crippen LogP contribution in [0.25, 0.3) is 0 Å². The molecule has 0 radical (unpaired) electrons. The Morgan fingerprint density at radius 1 is 1.15 bits per heavy atom. The van der Waals surface area contributed by atoms with Crippen molar-refractivity contribution in [2.24, 2.45) is 0 Å². The summed E-state index contributed by atoms with van der Waals surface area (Å²) >= 11 is 18.3. The van der Waals surface area contributed by atoms with Gasteiger partial charge in [0.05, 0.1) is 32.7 Å². The van der Waals surface area contributed by atoms with Crippen LogP contribution in [0.2, 0.25) is 15.1 Å². The smallest absolute Gasteiger partial charge is 0.257 e. The van der Waals surface area contributed by atoms with E-state index in [9.17, 15) is 4.79 Å². The first kappa shape index (κ1) is 19.2. The van der Waals surface area contributed by atoms with E-state index in [-0.39, 0.29) is 10.9 Å². The van der Waals surface area contributed by atoms with Crippen LogP contribution in [0.15, 0.2) is 30.3 Å². The number of hydrogen-bond acceptors (Lipinski definition) is 3. The highest BCUT2D eigenvalue weighted by molar-refractivity contribution is 6.38. The molecular weight excluding hydrogens is 393 g/mol. The number of benzene rings is 2. The summed E-state index contributed by atoms with van der Waals surface area (Å²) in [4.78, 5) is 14.9. The largest absolute Gasteiger partial charge is 0.397 e. The van der Waals surface area contributed by atoms with Crippen molar-refractivity contribution in [3.05, 3.63) is 51.0 Å². The molecule has 2 aromatic carbocycles.